The molecule has 1 unspecified atom stereocenters. The van der Waals surface area contributed by atoms with Crippen molar-refractivity contribution in [2.24, 2.45) is 5.92 Å². The van der Waals surface area contributed by atoms with Crippen LogP contribution in [0.25, 0.3) is 0 Å². The molecule has 0 aromatic carbocycles. The van der Waals surface area contributed by atoms with E-state index in [9.17, 15) is 14.4 Å². The van der Waals surface area contributed by atoms with E-state index in [0.29, 0.717) is 12.8 Å². The number of aliphatic carboxylic acids is 1. The molecule has 0 aliphatic rings. The Morgan fingerprint density at radius 3 is 2.05 bits per heavy atom. The Balaban J connectivity index is 4.64. The van der Waals surface area contributed by atoms with Gasteiger partial charge in [0.2, 0.25) is 0 Å². The molecule has 0 spiro atoms. The third kappa shape index (κ3) is 8.12. The van der Waals surface area contributed by atoms with E-state index in [2.05, 4.69) is 6.58 Å². The van der Waals surface area contributed by atoms with Gasteiger partial charge in [-0.3, -0.25) is 9.59 Å². The summed E-state index contributed by atoms with van der Waals surface area (Å²) in [6.07, 6.45) is 2.55. The molecule has 0 rings (SSSR count). The Morgan fingerprint density at radius 2 is 1.57 bits per heavy atom. The molecule has 1 N–H and O–H groups in total. The largest absolute Gasteiger partial charge is 0.481 e. The topological polar surface area (TPSA) is 89.9 Å². The van der Waals surface area contributed by atoms with Gasteiger partial charge in [0.05, 0.1) is 25.6 Å². The Hall–Kier alpha value is -1.85. The summed E-state index contributed by atoms with van der Waals surface area (Å²) in [5.74, 6) is -3.89. The third-order valence-corrected chi connectivity index (χ3v) is 2.82. The summed E-state index contributed by atoms with van der Waals surface area (Å²) < 4.78 is 9.91. The van der Waals surface area contributed by atoms with E-state index in [1.54, 1.807) is 0 Å². The Labute approximate surface area is 125 Å². The minimum absolute atomic E-state index is 0.171. The summed E-state index contributed by atoms with van der Waals surface area (Å²) in [4.78, 5) is 34.5. The number of carbonyl (C=O) groups excluding carboxylic acids is 2. The number of ether oxygens (including phenoxy) is 2. The molecule has 0 heterocycles. The van der Waals surface area contributed by atoms with Crippen molar-refractivity contribution in [2.45, 2.75) is 46.0 Å². The van der Waals surface area contributed by atoms with Gasteiger partial charge in [-0.15, -0.1) is 0 Å². The molecular weight excluding hydrogens is 276 g/mol. The quantitative estimate of drug-likeness (QED) is 0.358. The van der Waals surface area contributed by atoms with Gasteiger partial charge in [-0.05, 0) is 12.8 Å². The van der Waals surface area contributed by atoms with Crippen molar-refractivity contribution in [1.29, 1.82) is 0 Å². The number of carboxylic acid groups (broad SMARTS) is 1. The molecule has 0 saturated carbocycles. The second-order valence-electron chi connectivity index (χ2n) is 4.69. The van der Waals surface area contributed by atoms with Gasteiger partial charge in [0.15, 0.2) is 0 Å². The van der Waals surface area contributed by atoms with Crippen LogP contribution in [-0.4, -0.2) is 36.2 Å². The molecule has 0 bridgehead atoms. The Kier molecular flexibility index (Phi) is 9.92. The average Bonchev–Trinajstić information content (AvgIpc) is 2.44. The first-order valence-corrected chi connectivity index (χ1v) is 7.18. The zero-order valence-electron chi connectivity index (χ0n) is 12.7. The van der Waals surface area contributed by atoms with Crippen LogP contribution >= 0.6 is 0 Å². The zero-order chi connectivity index (χ0) is 16.3. The van der Waals surface area contributed by atoms with E-state index < -0.39 is 30.2 Å². The Morgan fingerprint density at radius 1 is 1.05 bits per heavy atom. The van der Waals surface area contributed by atoms with Crippen molar-refractivity contribution in [1.82, 2.24) is 0 Å². The highest BCUT2D eigenvalue weighted by atomic mass is 16.5. The fourth-order valence-corrected chi connectivity index (χ4v) is 1.49. The van der Waals surface area contributed by atoms with Crippen molar-refractivity contribution >= 4 is 17.9 Å². The minimum atomic E-state index is -1.20. The molecule has 6 nitrogen and oxygen atoms in total. The molecule has 0 saturated heterocycles. The molecule has 0 aliphatic heterocycles. The summed E-state index contributed by atoms with van der Waals surface area (Å²) in [6.45, 7) is 7.80. The normalized spacial score (nSPS) is 11.5. The lowest BCUT2D eigenvalue weighted by molar-refractivity contribution is -0.154. The molecule has 6 heteroatoms. The Bertz CT molecular complexity index is 374. The van der Waals surface area contributed by atoms with Crippen LogP contribution < -0.4 is 0 Å². The number of carboxylic acids is 1. The maximum Gasteiger partial charge on any atom is 0.334 e. The number of rotatable bonds is 11. The monoisotopic (exact) mass is 300 g/mol. The molecule has 0 aromatic heterocycles. The van der Waals surface area contributed by atoms with Crippen molar-refractivity contribution in [3.05, 3.63) is 12.2 Å². The van der Waals surface area contributed by atoms with Crippen LogP contribution in [0.3, 0.4) is 0 Å². The lowest BCUT2D eigenvalue weighted by Gasteiger charge is -2.16. The molecule has 21 heavy (non-hydrogen) atoms. The smallest absolute Gasteiger partial charge is 0.334 e. The van der Waals surface area contributed by atoms with Gasteiger partial charge in [-0.2, -0.15) is 0 Å². The van der Waals surface area contributed by atoms with Crippen molar-refractivity contribution in [3.63, 3.8) is 0 Å². The summed E-state index contributed by atoms with van der Waals surface area (Å²) in [6, 6.07) is 0. The predicted octanol–water partition coefficient (Wildman–Crippen LogP) is 2.32. The fraction of sp³-hybridized carbons (Fsp3) is 0.667. The summed E-state index contributed by atoms with van der Waals surface area (Å²) in [7, 11) is 0. The molecule has 0 fully saturated rings. The van der Waals surface area contributed by atoms with Crippen LogP contribution in [0.5, 0.6) is 0 Å². The molecule has 0 aliphatic carbocycles. The number of hydrogen-bond donors (Lipinski definition) is 1. The van der Waals surface area contributed by atoms with E-state index >= 15 is 0 Å². The lowest BCUT2D eigenvalue weighted by Crippen LogP contribution is -2.27. The molecule has 0 radical (unpaired) electrons. The highest BCUT2D eigenvalue weighted by Gasteiger charge is 2.30. The van der Waals surface area contributed by atoms with Crippen LogP contribution in [0.15, 0.2) is 12.2 Å². The SMILES string of the molecule is C=C(C(=O)OCCCC)C(CC(=O)O)C(=O)OCCCC. The second-order valence-corrected chi connectivity index (χ2v) is 4.69. The molecule has 0 amide bonds. The van der Waals surface area contributed by atoms with E-state index in [1.807, 2.05) is 13.8 Å². The maximum absolute atomic E-state index is 11.9. The van der Waals surface area contributed by atoms with Gasteiger partial charge < -0.3 is 14.6 Å². The van der Waals surface area contributed by atoms with Gasteiger partial charge in [-0.1, -0.05) is 33.3 Å². The van der Waals surface area contributed by atoms with Gasteiger partial charge in [0.25, 0.3) is 0 Å². The predicted molar refractivity (Wildman–Crippen MR) is 76.6 cm³/mol. The summed E-state index contributed by atoms with van der Waals surface area (Å²) >= 11 is 0. The highest BCUT2D eigenvalue weighted by Crippen LogP contribution is 2.18. The van der Waals surface area contributed by atoms with E-state index in [-0.39, 0.29) is 18.8 Å². The molecule has 1 atom stereocenters. The minimum Gasteiger partial charge on any atom is -0.481 e. The van der Waals surface area contributed by atoms with Gasteiger partial charge >= 0.3 is 17.9 Å². The van der Waals surface area contributed by atoms with E-state index in [1.165, 1.54) is 0 Å². The molecular formula is C15H24O6. The second kappa shape index (κ2) is 10.9. The number of esters is 2. The summed E-state index contributed by atoms with van der Waals surface area (Å²) in [5.41, 5.74) is -0.171. The van der Waals surface area contributed by atoms with E-state index in [0.717, 1.165) is 12.8 Å². The molecule has 0 aromatic rings. The number of hydrogen-bond acceptors (Lipinski definition) is 5. The lowest BCUT2D eigenvalue weighted by atomic mass is 9.97. The fourth-order valence-electron chi connectivity index (χ4n) is 1.49. The standard InChI is InChI=1S/C15H24O6/c1-4-6-8-20-14(18)11(3)12(10-13(16)17)15(19)21-9-7-5-2/h12H,3-10H2,1-2H3,(H,16,17). The maximum atomic E-state index is 11.9. The first-order valence-electron chi connectivity index (χ1n) is 7.18. The summed E-state index contributed by atoms with van der Waals surface area (Å²) in [5, 5.41) is 8.85. The average molecular weight is 300 g/mol. The van der Waals surface area contributed by atoms with Gasteiger partial charge in [0, 0.05) is 5.57 Å². The van der Waals surface area contributed by atoms with Crippen LogP contribution in [-0.2, 0) is 23.9 Å². The van der Waals surface area contributed by atoms with Gasteiger partial charge in [0.1, 0.15) is 0 Å². The van der Waals surface area contributed by atoms with Gasteiger partial charge in [-0.25, -0.2) is 4.79 Å². The first-order chi connectivity index (χ1) is 9.93. The first kappa shape index (κ1) is 19.1. The van der Waals surface area contributed by atoms with E-state index in [4.69, 9.17) is 14.6 Å². The zero-order valence-corrected chi connectivity index (χ0v) is 12.7. The molecule has 120 valence electrons. The number of unbranched alkanes of at least 4 members (excludes halogenated alkanes) is 2. The highest BCUT2D eigenvalue weighted by molar-refractivity contribution is 5.96. The van der Waals surface area contributed by atoms with Crippen LogP contribution in [0.4, 0.5) is 0 Å². The third-order valence-electron chi connectivity index (χ3n) is 2.82. The van der Waals surface area contributed by atoms with Crippen LogP contribution in [0, 0.1) is 5.92 Å². The van der Waals surface area contributed by atoms with Crippen molar-refractivity contribution < 1.29 is 29.0 Å². The van der Waals surface area contributed by atoms with Crippen molar-refractivity contribution in [3.8, 4) is 0 Å². The van der Waals surface area contributed by atoms with Crippen LogP contribution in [0.2, 0.25) is 0 Å². The number of carbonyl (C=O) groups is 3. The van der Waals surface area contributed by atoms with Crippen LogP contribution in [0.1, 0.15) is 46.0 Å². The van der Waals surface area contributed by atoms with Crippen molar-refractivity contribution in [2.75, 3.05) is 13.2 Å².